The Labute approximate surface area is 221 Å². The average molecular weight is 536 g/mol. The topological polar surface area (TPSA) is 104 Å². The summed E-state index contributed by atoms with van der Waals surface area (Å²) in [5.41, 5.74) is 2.35. The van der Waals surface area contributed by atoms with Crippen LogP contribution in [-0.4, -0.2) is 37.7 Å². The van der Waals surface area contributed by atoms with E-state index in [9.17, 15) is 23.4 Å². The maximum absolute atomic E-state index is 13.4. The lowest BCUT2D eigenvalue weighted by Crippen LogP contribution is -2.23. The summed E-state index contributed by atoms with van der Waals surface area (Å²) in [5.74, 6) is -1.30. The molecule has 4 rings (SSSR count). The molecule has 0 saturated heterocycles. The van der Waals surface area contributed by atoms with Crippen molar-refractivity contribution in [2.45, 2.75) is 22.3 Å². The van der Waals surface area contributed by atoms with E-state index in [4.69, 9.17) is 11.6 Å². The Balaban J connectivity index is 1.46. The van der Waals surface area contributed by atoms with Gasteiger partial charge in [0.25, 0.3) is 0 Å². The number of halogens is 1. The van der Waals surface area contributed by atoms with Crippen LogP contribution in [0.1, 0.15) is 27.6 Å². The van der Waals surface area contributed by atoms with Crippen LogP contribution in [0.5, 0.6) is 0 Å². The first-order valence-corrected chi connectivity index (χ1v) is 13.5. The van der Waals surface area contributed by atoms with E-state index in [0.717, 1.165) is 11.1 Å². The zero-order valence-corrected chi connectivity index (χ0v) is 21.4. The van der Waals surface area contributed by atoms with E-state index in [-0.39, 0.29) is 15.4 Å². The van der Waals surface area contributed by atoms with E-state index in [1.165, 1.54) is 18.2 Å². The number of carboxylic acid groups (broad SMARTS) is 1. The standard InChI is InChI=1S/C29H26ClNO5S/c30-23-9-4-8-22(18-23)26(32)19-31-17-16-20-12-14-24(15-13-20)37(35,36)27-11-5-10-25(28(27)29(33)34)21-6-2-1-3-7-21/h1-15,18,26,31-32H,16-17,19H2,(H,33,34). The minimum atomic E-state index is -4.07. The van der Waals surface area contributed by atoms with Gasteiger partial charge in [-0.25, -0.2) is 13.2 Å². The second-order valence-electron chi connectivity index (χ2n) is 8.52. The largest absolute Gasteiger partial charge is 0.478 e. The summed E-state index contributed by atoms with van der Waals surface area (Å²) in [5, 5.41) is 24.0. The van der Waals surface area contributed by atoms with Gasteiger partial charge in [-0.3, -0.25) is 0 Å². The predicted octanol–water partition coefficient (Wildman–Crippen LogP) is 5.40. The highest BCUT2D eigenvalue weighted by molar-refractivity contribution is 7.91. The molecule has 1 unspecified atom stereocenters. The molecule has 0 aliphatic heterocycles. The van der Waals surface area contributed by atoms with Crippen LogP contribution in [0.3, 0.4) is 0 Å². The molecule has 190 valence electrons. The summed E-state index contributed by atoms with van der Waals surface area (Å²) in [6, 6.07) is 26.8. The lowest BCUT2D eigenvalue weighted by molar-refractivity contribution is 0.0693. The van der Waals surface area contributed by atoms with Crippen LogP contribution >= 0.6 is 11.6 Å². The van der Waals surface area contributed by atoms with E-state index in [0.29, 0.717) is 35.7 Å². The van der Waals surface area contributed by atoms with E-state index in [1.807, 2.05) is 12.1 Å². The predicted molar refractivity (Wildman–Crippen MR) is 144 cm³/mol. The van der Waals surface area contributed by atoms with E-state index in [1.54, 1.807) is 66.7 Å². The number of carboxylic acids is 1. The lowest BCUT2D eigenvalue weighted by Gasteiger charge is -2.14. The summed E-state index contributed by atoms with van der Waals surface area (Å²) in [6.07, 6.45) is -0.0757. The molecule has 4 aromatic rings. The number of hydrogen-bond donors (Lipinski definition) is 3. The second kappa shape index (κ2) is 11.7. The smallest absolute Gasteiger partial charge is 0.337 e. The van der Waals surface area contributed by atoms with Crippen molar-refractivity contribution in [3.05, 3.63) is 119 Å². The minimum absolute atomic E-state index is 0.0216. The first-order valence-electron chi connectivity index (χ1n) is 11.7. The monoisotopic (exact) mass is 535 g/mol. The van der Waals surface area contributed by atoms with Gasteiger partial charge in [-0.15, -0.1) is 0 Å². The molecule has 0 amide bonds. The molecule has 0 bridgehead atoms. The number of nitrogens with one attached hydrogen (secondary N) is 1. The second-order valence-corrected chi connectivity index (χ2v) is 10.9. The van der Waals surface area contributed by atoms with Crippen LogP contribution < -0.4 is 5.32 Å². The Hall–Kier alpha value is -3.49. The van der Waals surface area contributed by atoms with E-state index >= 15 is 0 Å². The summed E-state index contributed by atoms with van der Waals surface area (Å²) >= 11 is 5.97. The molecule has 37 heavy (non-hydrogen) atoms. The summed E-state index contributed by atoms with van der Waals surface area (Å²) in [6.45, 7) is 0.925. The zero-order valence-electron chi connectivity index (χ0n) is 19.8. The van der Waals surface area contributed by atoms with E-state index in [2.05, 4.69) is 5.32 Å². The maximum atomic E-state index is 13.4. The van der Waals surface area contributed by atoms with Gasteiger partial charge in [-0.1, -0.05) is 78.3 Å². The molecule has 6 nitrogen and oxygen atoms in total. The van der Waals surface area contributed by atoms with Crippen LogP contribution in [-0.2, 0) is 16.3 Å². The summed E-state index contributed by atoms with van der Waals surface area (Å²) in [7, 11) is -4.07. The molecular formula is C29H26ClNO5S. The van der Waals surface area contributed by atoms with Crippen molar-refractivity contribution < 1.29 is 23.4 Å². The SMILES string of the molecule is O=C(O)c1c(-c2ccccc2)cccc1S(=O)(=O)c1ccc(CCNCC(O)c2cccc(Cl)c2)cc1. The molecule has 4 aromatic carbocycles. The van der Waals surface area contributed by atoms with Gasteiger partial charge in [-0.05, 0) is 65.6 Å². The fourth-order valence-electron chi connectivity index (χ4n) is 4.10. The molecule has 0 aromatic heterocycles. The zero-order chi connectivity index (χ0) is 26.4. The normalized spacial score (nSPS) is 12.3. The molecule has 0 spiro atoms. The molecule has 3 N–H and O–H groups in total. The minimum Gasteiger partial charge on any atom is -0.478 e. The number of aliphatic hydroxyl groups is 1. The number of hydrogen-bond acceptors (Lipinski definition) is 5. The van der Waals surface area contributed by atoms with Gasteiger partial charge >= 0.3 is 5.97 Å². The molecular weight excluding hydrogens is 510 g/mol. The number of carbonyl (C=O) groups is 1. The summed E-state index contributed by atoms with van der Waals surface area (Å²) < 4.78 is 26.9. The first kappa shape index (κ1) is 26.6. The number of sulfone groups is 1. The number of rotatable bonds is 10. The Bertz CT molecular complexity index is 1490. The van der Waals surface area contributed by atoms with Gasteiger partial charge in [0, 0.05) is 11.6 Å². The quantitative estimate of drug-likeness (QED) is 0.235. The highest BCUT2D eigenvalue weighted by Gasteiger charge is 2.27. The maximum Gasteiger partial charge on any atom is 0.337 e. The third-order valence-corrected chi connectivity index (χ3v) is 8.06. The van der Waals surface area contributed by atoms with Crippen LogP contribution in [0.2, 0.25) is 5.02 Å². The van der Waals surface area contributed by atoms with Gasteiger partial charge in [0.2, 0.25) is 9.84 Å². The highest BCUT2D eigenvalue weighted by atomic mass is 35.5. The van der Waals surface area contributed by atoms with Crippen LogP contribution in [0, 0.1) is 0 Å². The average Bonchev–Trinajstić information content (AvgIpc) is 2.91. The van der Waals surface area contributed by atoms with Gasteiger partial charge in [0.15, 0.2) is 0 Å². The Morgan fingerprint density at radius 2 is 1.59 bits per heavy atom. The summed E-state index contributed by atoms with van der Waals surface area (Å²) in [4.78, 5) is 11.9. The molecule has 0 aliphatic rings. The van der Waals surface area contributed by atoms with Crippen molar-refractivity contribution in [3.8, 4) is 11.1 Å². The van der Waals surface area contributed by atoms with Crippen molar-refractivity contribution >= 4 is 27.4 Å². The van der Waals surface area contributed by atoms with Crippen molar-refractivity contribution in [1.82, 2.24) is 5.32 Å². The van der Waals surface area contributed by atoms with Crippen LogP contribution in [0.15, 0.2) is 107 Å². The molecule has 0 saturated carbocycles. The van der Waals surface area contributed by atoms with Crippen molar-refractivity contribution in [2.24, 2.45) is 0 Å². The van der Waals surface area contributed by atoms with E-state index < -0.39 is 21.9 Å². The van der Waals surface area contributed by atoms with Gasteiger partial charge in [0.05, 0.1) is 21.5 Å². The third-order valence-electron chi connectivity index (χ3n) is 6.01. The Morgan fingerprint density at radius 3 is 2.27 bits per heavy atom. The molecule has 0 fully saturated rings. The number of aliphatic hydroxyl groups excluding tert-OH is 1. The van der Waals surface area contributed by atoms with Crippen molar-refractivity contribution in [1.29, 1.82) is 0 Å². The highest BCUT2D eigenvalue weighted by Crippen LogP contribution is 2.32. The number of aromatic carboxylic acids is 1. The van der Waals surface area contributed by atoms with Gasteiger partial charge in [0.1, 0.15) is 0 Å². The fraction of sp³-hybridized carbons (Fsp3) is 0.138. The number of benzene rings is 4. The van der Waals surface area contributed by atoms with Crippen LogP contribution in [0.25, 0.3) is 11.1 Å². The molecule has 1 atom stereocenters. The molecule has 0 aliphatic carbocycles. The lowest BCUT2D eigenvalue weighted by atomic mass is 10.00. The van der Waals surface area contributed by atoms with Crippen molar-refractivity contribution in [2.75, 3.05) is 13.1 Å². The first-order chi connectivity index (χ1) is 17.8. The third kappa shape index (κ3) is 6.26. The van der Waals surface area contributed by atoms with Gasteiger partial charge in [-0.2, -0.15) is 0 Å². The Morgan fingerprint density at radius 1 is 0.892 bits per heavy atom. The molecule has 0 heterocycles. The van der Waals surface area contributed by atoms with Crippen LogP contribution in [0.4, 0.5) is 0 Å². The Kier molecular flexibility index (Phi) is 8.41. The van der Waals surface area contributed by atoms with Gasteiger partial charge < -0.3 is 15.5 Å². The fourth-order valence-corrected chi connectivity index (χ4v) is 5.77. The van der Waals surface area contributed by atoms with Crippen molar-refractivity contribution in [3.63, 3.8) is 0 Å². The molecule has 0 radical (unpaired) electrons. The molecule has 8 heteroatoms.